The summed E-state index contributed by atoms with van der Waals surface area (Å²) in [5.74, 6) is -0.433. The fraction of sp³-hybridized carbons (Fsp3) is 0.481. The molecule has 3 N–H and O–H groups in total. The Kier molecular flexibility index (Phi) is 8.19. The van der Waals surface area contributed by atoms with Gasteiger partial charge in [0.15, 0.2) is 0 Å². The second-order valence-corrected chi connectivity index (χ2v) is 10.0. The van der Waals surface area contributed by atoms with Crippen LogP contribution in [0.2, 0.25) is 5.02 Å². The average Bonchev–Trinajstić information content (AvgIpc) is 2.84. The van der Waals surface area contributed by atoms with E-state index in [4.69, 9.17) is 21.4 Å². The van der Waals surface area contributed by atoms with Gasteiger partial charge in [0.25, 0.3) is 0 Å². The highest BCUT2D eigenvalue weighted by Gasteiger charge is 2.45. The first-order chi connectivity index (χ1) is 16.9. The largest absolute Gasteiger partial charge is 0.487 e. The second-order valence-electron chi connectivity index (χ2n) is 9.63. The van der Waals surface area contributed by atoms with Crippen molar-refractivity contribution in [3.05, 3.63) is 64.7 Å². The fourth-order valence-corrected chi connectivity index (χ4v) is 5.58. The van der Waals surface area contributed by atoms with Gasteiger partial charge in [-0.1, -0.05) is 67.3 Å². The molecule has 2 amide bonds. The third-order valence-corrected chi connectivity index (χ3v) is 7.39. The summed E-state index contributed by atoms with van der Waals surface area (Å²) in [5.41, 5.74) is 0.509. The number of piperidine rings is 1. The highest BCUT2D eigenvalue weighted by Crippen LogP contribution is 2.43. The highest BCUT2D eigenvalue weighted by molar-refractivity contribution is 6.32. The number of benzene rings is 2. The number of aliphatic hydroxyl groups is 1. The van der Waals surface area contributed by atoms with Crippen molar-refractivity contribution in [2.24, 2.45) is 0 Å². The van der Waals surface area contributed by atoms with Crippen molar-refractivity contribution in [2.75, 3.05) is 13.1 Å². The number of carbonyl (C=O) groups excluding carboxylic acids is 1. The van der Waals surface area contributed by atoms with Crippen LogP contribution in [0.3, 0.4) is 0 Å². The first kappa shape index (κ1) is 25.3. The van der Waals surface area contributed by atoms with E-state index in [0.29, 0.717) is 61.7 Å². The van der Waals surface area contributed by atoms with Crippen LogP contribution in [0.4, 0.5) is 4.79 Å². The van der Waals surface area contributed by atoms with Gasteiger partial charge in [-0.15, -0.1) is 0 Å². The molecule has 35 heavy (non-hydrogen) atoms. The average molecular weight is 501 g/mol. The first-order valence-corrected chi connectivity index (χ1v) is 12.7. The molecule has 2 aromatic rings. The van der Waals surface area contributed by atoms with Gasteiger partial charge in [0.2, 0.25) is 5.91 Å². The SMILES string of the molecule is O=C(O)N[C@H]1CCCN(C(=O)C(c2ccc(OCc3ccccc3)c(Cl)c2)C2(O)CCCCC2)C1. The molecular formula is C27H33ClN2O5. The van der Waals surface area contributed by atoms with E-state index in [2.05, 4.69) is 5.32 Å². The lowest BCUT2D eigenvalue weighted by Gasteiger charge is -2.42. The molecule has 1 heterocycles. The number of nitrogens with one attached hydrogen (secondary N) is 1. The minimum absolute atomic E-state index is 0.180. The van der Waals surface area contributed by atoms with Gasteiger partial charge in [-0.3, -0.25) is 4.79 Å². The molecule has 2 aliphatic rings. The third-order valence-electron chi connectivity index (χ3n) is 7.09. The molecule has 1 aliphatic heterocycles. The van der Waals surface area contributed by atoms with Crippen LogP contribution in [0.25, 0.3) is 0 Å². The molecule has 1 saturated carbocycles. The predicted octanol–water partition coefficient (Wildman–Crippen LogP) is 4.96. The first-order valence-electron chi connectivity index (χ1n) is 12.3. The zero-order valence-corrected chi connectivity index (χ0v) is 20.5. The summed E-state index contributed by atoms with van der Waals surface area (Å²) < 4.78 is 5.90. The minimum Gasteiger partial charge on any atom is -0.487 e. The van der Waals surface area contributed by atoms with Crippen molar-refractivity contribution in [1.29, 1.82) is 0 Å². The van der Waals surface area contributed by atoms with E-state index in [1.165, 1.54) is 0 Å². The number of hydrogen-bond donors (Lipinski definition) is 3. The number of carbonyl (C=O) groups is 2. The summed E-state index contributed by atoms with van der Waals surface area (Å²) in [6.07, 6.45) is 4.12. The Morgan fingerprint density at radius 1 is 1.11 bits per heavy atom. The standard InChI is InChI=1S/C27H33ClN2O5/c28-22-16-20(11-12-23(22)35-18-19-8-3-1-4-9-19)24(27(34)13-5-2-6-14-27)25(31)30-15-7-10-21(17-30)29-26(32)33/h1,3-4,8-9,11-12,16,21,24,29,34H,2,5-7,10,13-15,17-18H2,(H,32,33)/t21-,24?/m0/s1. The maximum absolute atomic E-state index is 13.9. The van der Waals surface area contributed by atoms with Gasteiger partial charge < -0.3 is 25.2 Å². The van der Waals surface area contributed by atoms with Crippen LogP contribution in [0.1, 0.15) is 62.0 Å². The van der Waals surface area contributed by atoms with Crippen molar-refractivity contribution < 1.29 is 24.5 Å². The highest BCUT2D eigenvalue weighted by atomic mass is 35.5. The van der Waals surface area contributed by atoms with Crippen molar-refractivity contribution in [2.45, 2.75) is 69.1 Å². The van der Waals surface area contributed by atoms with Crippen LogP contribution in [0.15, 0.2) is 48.5 Å². The third kappa shape index (κ3) is 6.27. The number of rotatable bonds is 7. The van der Waals surface area contributed by atoms with Crippen molar-refractivity contribution >= 4 is 23.6 Å². The van der Waals surface area contributed by atoms with Crippen LogP contribution >= 0.6 is 11.6 Å². The summed E-state index contributed by atoms with van der Waals surface area (Å²) >= 11 is 6.59. The Morgan fingerprint density at radius 2 is 1.86 bits per heavy atom. The number of hydrogen-bond acceptors (Lipinski definition) is 4. The molecule has 188 valence electrons. The zero-order valence-electron chi connectivity index (χ0n) is 19.8. The van der Waals surface area contributed by atoms with Gasteiger partial charge in [-0.25, -0.2) is 4.79 Å². The minimum atomic E-state index is -1.17. The molecule has 0 bridgehead atoms. The number of likely N-dealkylation sites (tertiary alicyclic amines) is 1. The summed E-state index contributed by atoms with van der Waals surface area (Å²) in [6.45, 7) is 1.21. The van der Waals surface area contributed by atoms with E-state index in [1.807, 2.05) is 36.4 Å². The lowest BCUT2D eigenvalue weighted by molar-refractivity contribution is -0.143. The predicted molar refractivity (Wildman–Crippen MR) is 134 cm³/mol. The summed E-state index contributed by atoms with van der Waals surface area (Å²) in [6, 6.07) is 14.8. The van der Waals surface area contributed by atoms with Crippen LogP contribution in [0.5, 0.6) is 5.75 Å². The van der Waals surface area contributed by atoms with Crippen molar-refractivity contribution in [3.63, 3.8) is 0 Å². The van der Waals surface area contributed by atoms with Crippen LogP contribution in [-0.4, -0.2) is 51.8 Å². The summed E-state index contributed by atoms with van der Waals surface area (Å²) in [5, 5.41) is 23.7. The van der Waals surface area contributed by atoms with Gasteiger partial charge >= 0.3 is 6.09 Å². The molecule has 7 nitrogen and oxygen atoms in total. The van der Waals surface area contributed by atoms with E-state index in [0.717, 1.165) is 24.8 Å². The molecule has 0 aromatic heterocycles. The topological polar surface area (TPSA) is 99.1 Å². The van der Waals surface area contributed by atoms with E-state index >= 15 is 0 Å². The molecular weight excluding hydrogens is 468 g/mol. The van der Waals surface area contributed by atoms with Crippen LogP contribution in [0, 0.1) is 0 Å². The lowest BCUT2D eigenvalue weighted by atomic mass is 9.72. The molecule has 1 aliphatic carbocycles. The Labute approximate surface area is 211 Å². The number of carboxylic acid groups (broad SMARTS) is 1. The second kappa shape index (κ2) is 11.3. The molecule has 1 saturated heterocycles. The molecule has 8 heteroatoms. The quantitative estimate of drug-likeness (QED) is 0.499. The van der Waals surface area contributed by atoms with E-state index in [-0.39, 0.29) is 11.9 Å². The van der Waals surface area contributed by atoms with Gasteiger partial charge in [-0.05, 0) is 48.9 Å². The van der Waals surface area contributed by atoms with Crippen molar-refractivity contribution in [1.82, 2.24) is 10.2 Å². The van der Waals surface area contributed by atoms with E-state index in [9.17, 15) is 14.7 Å². The maximum atomic E-state index is 13.9. The van der Waals surface area contributed by atoms with Crippen LogP contribution in [-0.2, 0) is 11.4 Å². The van der Waals surface area contributed by atoms with E-state index in [1.54, 1.807) is 17.0 Å². The molecule has 2 aromatic carbocycles. The Morgan fingerprint density at radius 3 is 2.54 bits per heavy atom. The van der Waals surface area contributed by atoms with Crippen molar-refractivity contribution in [3.8, 4) is 5.75 Å². The molecule has 1 unspecified atom stereocenters. The van der Waals surface area contributed by atoms with Gasteiger partial charge in [-0.2, -0.15) is 0 Å². The molecule has 0 spiro atoms. The number of amides is 2. The molecule has 2 atom stereocenters. The monoisotopic (exact) mass is 500 g/mol. The maximum Gasteiger partial charge on any atom is 0.404 e. The number of ether oxygens (including phenoxy) is 1. The van der Waals surface area contributed by atoms with E-state index < -0.39 is 17.6 Å². The smallest absolute Gasteiger partial charge is 0.404 e. The zero-order chi connectivity index (χ0) is 24.8. The number of halogens is 1. The van der Waals surface area contributed by atoms with Crippen LogP contribution < -0.4 is 10.1 Å². The normalized spacial score (nSPS) is 20.6. The Hall–Kier alpha value is -2.77. The molecule has 4 rings (SSSR count). The Balaban J connectivity index is 1.57. The number of nitrogens with zero attached hydrogens (tertiary/aromatic N) is 1. The molecule has 2 fully saturated rings. The fourth-order valence-electron chi connectivity index (χ4n) is 5.34. The molecule has 0 radical (unpaired) electrons. The lowest BCUT2D eigenvalue weighted by Crippen LogP contribution is -2.54. The van der Waals surface area contributed by atoms with Gasteiger partial charge in [0.1, 0.15) is 12.4 Å². The van der Waals surface area contributed by atoms with Gasteiger partial charge in [0, 0.05) is 19.1 Å². The Bertz CT molecular complexity index is 1030. The summed E-state index contributed by atoms with van der Waals surface area (Å²) in [7, 11) is 0. The van der Waals surface area contributed by atoms with Gasteiger partial charge in [0.05, 0.1) is 16.5 Å². The summed E-state index contributed by atoms with van der Waals surface area (Å²) in [4.78, 5) is 26.7.